The first-order chi connectivity index (χ1) is 8.86. The molecule has 0 radical (unpaired) electrons. The van der Waals surface area contributed by atoms with E-state index < -0.39 is 0 Å². The molecule has 3 atom stereocenters. The first-order valence-corrected chi connectivity index (χ1v) is 8.32. The number of nitrogens with zero attached hydrogens (tertiary/aromatic N) is 1. The van der Waals surface area contributed by atoms with Crippen LogP contribution in [0.2, 0.25) is 0 Å². The molecule has 3 aliphatic rings. The first-order valence-electron chi connectivity index (χ1n) is 8.32. The number of likely N-dealkylation sites (N-methyl/N-ethyl adjacent to an activating group) is 1. The Morgan fingerprint density at radius 3 is 2.56 bits per heavy atom. The van der Waals surface area contributed by atoms with E-state index in [2.05, 4.69) is 17.1 Å². The number of hydrogen-bond donors (Lipinski definition) is 1. The summed E-state index contributed by atoms with van der Waals surface area (Å²) in [5, 5.41) is 3.72. The standard InChI is InChI=1S/C16H30N2/c1-2-17-16(14-7-8-14)12-18-10-9-13-5-3-4-6-15(13)11-18/h13-17H,2-12H2,1H3. The van der Waals surface area contributed by atoms with Crippen molar-refractivity contribution in [2.75, 3.05) is 26.2 Å². The van der Waals surface area contributed by atoms with Crippen molar-refractivity contribution >= 4 is 0 Å². The van der Waals surface area contributed by atoms with Crippen molar-refractivity contribution in [3.05, 3.63) is 0 Å². The molecule has 2 aliphatic carbocycles. The predicted octanol–water partition coefficient (Wildman–Crippen LogP) is 2.89. The molecule has 1 heterocycles. The molecule has 1 saturated heterocycles. The van der Waals surface area contributed by atoms with Crippen LogP contribution in [0.15, 0.2) is 0 Å². The molecule has 2 heteroatoms. The molecule has 0 aromatic heterocycles. The van der Waals surface area contributed by atoms with Crippen molar-refractivity contribution in [3.8, 4) is 0 Å². The van der Waals surface area contributed by atoms with E-state index in [0.717, 1.165) is 30.3 Å². The third-order valence-electron chi connectivity index (χ3n) is 5.49. The number of likely N-dealkylation sites (tertiary alicyclic amines) is 1. The SMILES string of the molecule is CCNC(CN1CCC2CCCCC2C1)C1CC1. The van der Waals surface area contributed by atoms with E-state index in [-0.39, 0.29) is 0 Å². The fraction of sp³-hybridized carbons (Fsp3) is 1.00. The highest BCUT2D eigenvalue weighted by atomic mass is 15.2. The van der Waals surface area contributed by atoms with Gasteiger partial charge in [0.1, 0.15) is 0 Å². The molecule has 0 aromatic carbocycles. The van der Waals surface area contributed by atoms with E-state index >= 15 is 0 Å². The minimum absolute atomic E-state index is 0.787. The van der Waals surface area contributed by atoms with Gasteiger partial charge >= 0.3 is 0 Å². The summed E-state index contributed by atoms with van der Waals surface area (Å²) < 4.78 is 0. The minimum Gasteiger partial charge on any atom is -0.313 e. The molecular formula is C16H30N2. The summed E-state index contributed by atoms with van der Waals surface area (Å²) in [6, 6.07) is 0.787. The van der Waals surface area contributed by atoms with Crippen molar-refractivity contribution < 1.29 is 0 Å². The van der Waals surface area contributed by atoms with Crippen molar-refractivity contribution in [2.45, 2.75) is 57.9 Å². The zero-order valence-corrected chi connectivity index (χ0v) is 12.0. The van der Waals surface area contributed by atoms with Gasteiger partial charge in [-0.1, -0.05) is 26.2 Å². The van der Waals surface area contributed by atoms with Gasteiger partial charge in [0.2, 0.25) is 0 Å². The van der Waals surface area contributed by atoms with Crippen LogP contribution in [0, 0.1) is 17.8 Å². The number of rotatable bonds is 5. The molecule has 18 heavy (non-hydrogen) atoms. The Bertz CT molecular complexity index is 262. The predicted molar refractivity (Wildman–Crippen MR) is 76.7 cm³/mol. The van der Waals surface area contributed by atoms with Gasteiger partial charge in [-0.3, -0.25) is 0 Å². The zero-order valence-electron chi connectivity index (χ0n) is 12.0. The van der Waals surface area contributed by atoms with E-state index in [0.29, 0.717) is 0 Å². The fourth-order valence-corrected chi connectivity index (χ4v) is 4.26. The van der Waals surface area contributed by atoms with Crippen LogP contribution in [0.1, 0.15) is 51.9 Å². The molecule has 0 aromatic rings. The highest BCUT2D eigenvalue weighted by molar-refractivity contribution is 4.91. The van der Waals surface area contributed by atoms with Crippen LogP contribution in [0.4, 0.5) is 0 Å². The van der Waals surface area contributed by atoms with Gasteiger partial charge in [0, 0.05) is 19.1 Å². The van der Waals surface area contributed by atoms with E-state index in [1.165, 1.54) is 64.6 Å². The Balaban J connectivity index is 1.50. The third-order valence-corrected chi connectivity index (χ3v) is 5.49. The second-order valence-electron chi connectivity index (χ2n) is 6.85. The minimum atomic E-state index is 0.787. The first kappa shape index (κ1) is 12.9. The topological polar surface area (TPSA) is 15.3 Å². The van der Waals surface area contributed by atoms with Gasteiger partial charge < -0.3 is 10.2 Å². The normalized spacial score (nSPS) is 35.2. The second-order valence-corrected chi connectivity index (χ2v) is 6.85. The van der Waals surface area contributed by atoms with E-state index in [1.54, 1.807) is 0 Å². The maximum atomic E-state index is 3.72. The molecule has 0 spiro atoms. The van der Waals surface area contributed by atoms with Crippen LogP contribution >= 0.6 is 0 Å². The summed E-state index contributed by atoms with van der Waals surface area (Å²) >= 11 is 0. The lowest BCUT2D eigenvalue weighted by Crippen LogP contribution is -2.48. The molecule has 3 unspecified atom stereocenters. The molecule has 0 bridgehead atoms. The Morgan fingerprint density at radius 1 is 1.06 bits per heavy atom. The van der Waals surface area contributed by atoms with Gasteiger partial charge in [0.15, 0.2) is 0 Å². The fourth-order valence-electron chi connectivity index (χ4n) is 4.26. The van der Waals surface area contributed by atoms with E-state index in [1.807, 2.05) is 0 Å². The maximum Gasteiger partial charge on any atom is 0.0223 e. The van der Waals surface area contributed by atoms with Crippen LogP contribution in [0.25, 0.3) is 0 Å². The molecule has 0 amide bonds. The highest BCUT2D eigenvalue weighted by Gasteiger charge is 2.35. The molecule has 2 saturated carbocycles. The van der Waals surface area contributed by atoms with Crippen LogP contribution < -0.4 is 5.32 Å². The summed E-state index contributed by atoms with van der Waals surface area (Å²) in [6.07, 6.45) is 10.5. The number of fused-ring (bicyclic) bond motifs is 1. The number of nitrogens with one attached hydrogen (secondary N) is 1. The second kappa shape index (κ2) is 5.92. The Hall–Kier alpha value is -0.0800. The molecule has 1 aliphatic heterocycles. The Morgan fingerprint density at radius 2 is 1.83 bits per heavy atom. The Labute approximate surface area is 113 Å². The number of hydrogen-bond acceptors (Lipinski definition) is 2. The molecular weight excluding hydrogens is 220 g/mol. The largest absolute Gasteiger partial charge is 0.313 e. The van der Waals surface area contributed by atoms with Crippen molar-refractivity contribution in [2.24, 2.45) is 17.8 Å². The Kier molecular flexibility index (Phi) is 4.25. The third kappa shape index (κ3) is 3.08. The monoisotopic (exact) mass is 250 g/mol. The average molecular weight is 250 g/mol. The smallest absolute Gasteiger partial charge is 0.0223 e. The van der Waals surface area contributed by atoms with Crippen molar-refractivity contribution in [1.82, 2.24) is 10.2 Å². The van der Waals surface area contributed by atoms with Gasteiger partial charge in [0.05, 0.1) is 0 Å². The average Bonchev–Trinajstić information content (AvgIpc) is 3.22. The molecule has 3 rings (SSSR count). The van der Waals surface area contributed by atoms with E-state index in [9.17, 15) is 0 Å². The molecule has 3 fully saturated rings. The summed E-state index contributed by atoms with van der Waals surface area (Å²) in [6.45, 7) is 7.49. The van der Waals surface area contributed by atoms with Crippen LogP contribution in [0.3, 0.4) is 0 Å². The van der Waals surface area contributed by atoms with Crippen LogP contribution in [-0.2, 0) is 0 Å². The lowest BCUT2D eigenvalue weighted by molar-refractivity contribution is 0.0780. The van der Waals surface area contributed by atoms with Gasteiger partial charge in [-0.2, -0.15) is 0 Å². The summed E-state index contributed by atoms with van der Waals surface area (Å²) in [5.41, 5.74) is 0. The van der Waals surface area contributed by atoms with Gasteiger partial charge in [0.25, 0.3) is 0 Å². The lowest BCUT2D eigenvalue weighted by Gasteiger charge is -2.42. The van der Waals surface area contributed by atoms with Crippen LogP contribution in [0.5, 0.6) is 0 Å². The quantitative estimate of drug-likeness (QED) is 0.807. The molecule has 1 N–H and O–H groups in total. The maximum absolute atomic E-state index is 3.72. The zero-order chi connectivity index (χ0) is 12.4. The summed E-state index contributed by atoms with van der Waals surface area (Å²) in [4.78, 5) is 2.78. The van der Waals surface area contributed by atoms with Crippen LogP contribution in [-0.4, -0.2) is 37.1 Å². The van der Waals surface area contributed by atoms with E-state index in [4.69, 9.17) is 0 Å². The molecule has 104 valence electrons. The van der Waals surface area contributed by atoms with Crippen molar-refractivity contribution in [1.29, 1.82) is 0 Å². The van der Waals surface area contributed by atoms with Gasteiger partial charge in [-0.25, -0.2) is 0 Å². The van der Waals surface area contributed by atoms with Crippen molar-refractivity contribution in [3.63, 3.8) is 0 Å². The lowest BCUT2D eigenvalue weighted by atomic mass is 9.75. The molecule has 2 nitrogen and oxygen atoms in total. The number of piperidine rings is 1. The highest BCUT2D eigenvalue weighted by Crippen LogP contribution is 2.37. The van der Waals surface area contributed by atoms with Gasteiger partial charge in [-0.15, -0.1) is 0 Å². The summed E-state index contributed by atoms with van der Waals surface area (Å²) in [7, 11) is 0. The van der Waals surface area contributed by atoms with Gasteiger partial charge in [-0.05, 0) is 56.5 Å². The summed E-state index contributed by atoms with van der Waals surface area (Å²) in [5.74, 6) is 3.11.